The zero-order chi connectivity index (χ0) is 13.0. The fraction of sp³-hybridized carbons (Fsp3) is 0.0769. The van der Waals surface area contributed by atoms with Crippen molar-refractivity contribution in [2.24, 2.45) is 0 Å². The smallest absolute Gasteiger partial charge is 0.221 e. The third-order valence-corrected chi connectivity index (χ3v) is 2.28. The Morgan fingerprint density at radius 1 is 1.11 bits per heavy atom. The van der Waals surface area contributed by atoms with Crippen LogP contribution in [0.1, 0.15) is 6.92 Å². The van der Waals surface area contributed by atoms with Crippen LogP contribution in [0, 0.1) is 0 Å². The van der Waals surface area contributed by atoms with E-state index < -0.39 is 0 Å². The number of anilines is 4. The Balaban J connectivity index is 2.08. The minimum atomic E-state index is -0.0855. The molecular weight excluding hydrogens is 228 g/mol. The molecular formula is C13H14N4O. The maximum atomic E-state index is 10.9. The Hall–Kier alpha value is -2.56. The van der Waals surface area contributed by atoms with Crippen LogP contribution in [-0.4, -0.2) is 10.9 Å². The molecule has 0 saturated carbocycles. The standard InChI is InChI=1S/C13H14N4O/c1-9(18)16-10-2-4-11(5-3-10)17-12-6-7-15-13(14)8-12/h2-8H,1H3,(H,16,18)(H3,14,15,17). The number of nitrogens with zero attached hydrogens (tertiary/aromatic N) is 1. The van der Waals surface area contributed by atoms with Crippen LogP contribution in [0.3, 0.4) is 0 Å². The predicted octanol–water partition coefficient (Wildman–Crippen LogP) is 2.37. The van der Waals surface area contributed by atoms with Crippen LogP contribution in [-0.2, 0) is 4.79 Å². The highest BCUT2D eigenvalue weighted by Gasteiger charge is 1.98. The van der Waals surface area contributed by atoms with Crippen LogP contribution in [0.25, 0.3) is 0 Å². The van der Waals surface area contributed by atoms with E-state index >= 15 is 0 Å². The van der Waals surface area contributed by atoms with Gasteiger partial charge in [-0.2, -0.15) is 0 Å². The molecule has 1 aromatic heterocycles. The van der Waals surface area contributed by atoms with E-state index in [0.29, 0.717) is 5.82 Å². The normalized spacial score (nSPS) is 9.83. The van der Waals surface area contributed by atoms with Crippen LogP contribution in [0.5, 0.6) is 0 Å². The number of nitrogen functional groups attached to an aromatic ring is 1. The van der Waals surface area contributed by atoms with E-state index in [4.69, 9.17) is 5.73 Å². The number of aromatic nitrogens is 1. The molecule has 0 saturated heterocycles. The number of amides is 1. The molecule has 0 fully saturated rings. The second kappa shape index (κ2) is 5.18. The number of carbonyl (C=O) groups excluding carboxylic acids is 1. The zero-order valence-corrected chi connectivity index (χ0v) is 9.97. The van der Waals surface area contributed by atoms with Crippen molar-refractivity contribution < 1.29 is 4.79 Å². The molecule has 0 atom stereocenters. The van der Waals surface area contributed by atoms with E-state index in [1.165, 1.54) is 6.92 Å². The van der Waals surface area contributed by atoms with E-state index in [1.807, 2.05) is 30.3 Å². The van der Waals surface area contributed by atoms with Crippen LogP contribution in [0.4, 0.5) is 22.9 Å². The molecule has 0 aliphatic carbocycles. The Morgan fingerprint density at radius 2 is 1.78 bits per heavy atom. The average molecular weight is 242 g/mol. The number of pyridine rings is 1. The van der Waals surface area contributed by atoms with Crippen molar-refractivity contribution in [3.05, 3.63) is 42.6 Å². The molecule has 0 aliphatic heterocycles. The Kier molecular flexibility index (Phi) is 3.43. The van der Waals surface area contributed by atoms with Crippen LogP contribution in [0.15, 0.2) is 42.6 Å². The second-order valence-electron chi connectivity index (χ2n) is 3.85. The van der Waals surface area contributed by atoms with E-state index in [2.05, 4.69) is 15.6 Å². The van der Waals surface area contributed by atoms with E-state index in [1.54, 1.807) is 12.3 Å². The van der Waals surface area contributed by atoms with Crippen LogP contribution >= 0.6 is 0 Å². The molecule has 0 bridgehead atoms. The number of carbonyl (C=O) groups is 1. The summed E-state index contributed by atoms with van der Waals surface area (Å²) in [5, 5.41) is 5.90. The lowest BCUT2D eigenvalue weighted by molar-refractivity contribution is -0.114. The Bertz CT molecular complexity index is 551. The minimum Gasteiger partial charge on any atom is -0.384 e. The zero-order valence-electron chi connectivity index (χ0n) is 9.97. The molecule has 1 heterocycles. The van der Waals surface area contributed by atoms with Crippen molar-refractivity contribution in [3.8, 4) is 0 Å². The summed E-state index contributed by atoms with van der Waals surface area (Å²) < 4.78 is 0. The van der Waals surface area contributed by atoms with Crippen molar-refractivity contribution in [2.75, 3.05) is 16.4 Å². The van der Waals surface area contributed by atoms with Crippen molar-refractivity contribution in [3.63, 3.8) is 0 Å². The number of hydrogen-bond acceptors (Lipinski definition) is 4. The van der Waals surface area contributed by atoms with Gasteiger partial charge in [-0.05, 0) is 30.3 Å². The summed E-state index contributed by atoms with van der Waals surface area (Å²) >= 11 is 0. The summed E-state index contributed by atoms with van der Waals surface area (Å²) in [7, 11) is 0. The average Bonchev–Trinajstić information content (AvgIpc) is 2.31. The van der Waals surface area contributed by atoms with Gasteiger partial charge in [0, 0.05) is 36.2 Å². The van der Waals surface area contributed by atoms with Gasteiger partial charge in [0.05, 0.1) is 0 Å². The summed E-state index contributed by atoms with van der Waals surface area (Å²) in [4.78, 5) is 14.8. The molecule has 4 N–H and O–H groups in total. The van der Waals surface area contributed by atoms with E-state index in [-0.39, 0.29) is 5.91 Å². The fourth-order valence-electron chi connectivity index (χ4n) is 1.53. The van der Waals surface area contributed by atoms with Gasteiger partial charge in [0.1, 0.15) is 5.82 Å². The van der Waals surface area contributed by atoms with Gasteiger partial charge in [0.25, 0.3) is 0 Å². The van der Waals surface area contributed by atoms with Gasteiger partial charge in [0.15, 0.2) is 0 Å². The molecule has 5 nitrogen and oxygen atoms in total. The highest BCUT2D eigenvalue weighted by Crippen LogP contribution is 2.19. The summed E-state index contributed by atoms with van der Waals surface area (Å²) in [5.41, 5.74) is 8.14. The number of nitrogens with two attached hydrogens (primary N) is 1. The summed E-state index contributed by atoms with van der Waals surface area (Å²) in [6.45, 7) is 1.48. The highest BCUT2D eigenvalue weighted by atomic mass is 16.1. The number of benzene rings is 1. The molecule has 2 aromatic rings. The first-order valence-corrected chi connectivity index (χ1v) is 5.50. The van der Waals surface area contributed by atoms with E-state index in [0.717, 1.165) is 17.1 Å². The van der Waals surface area contributed by atoms with Crippen molar-refractivity contribution in [1.29, 1.82) is 0 Å². The number of nitrogens with one attached hydrogen (secondary N) is 2. The number of rotatable bonds is 3. The Labute approximate surface area is 105 Å². The highest BCUT2D eigenvalue weighted by molar-refractivity contribution is 5.88. The van der Waals surface area contributed by atoms with Gasteiger partial charge in [-0.3, -0.25) is 4.79 Å². The lowest BCUT2D eigenvalue weighted by atomic mass is 10.2. The lowest BCUT2D eigenvalue weighted by Crippen LogP contribution is -2.05. The van der Waals surface area contributed by atoms with Crippen LogP contribution < -0.4 is 16.4 Å². The Morgan fingerprint density at radius 3 is 2.39 bits per heavy atom. The molecule has 1 aromatic carbocycles. The first-order valence-electron chi connectivity index (χ1n) is 5.50. The maximum absolute atomic E-state index is 10.9. The van der Waals surface area contributed by atoms with Gasteiger partial charge >= 0.3 is 0 Å². The molecule has 0 aliphatic rings. The first-order chi connectivity index (χ1) is 8.63. The van der Waals surface area contributed by atoms with Gasteiger partial charge in [0.2, 0.25) is 5.91 Å². The summed E-state index contributed by atoms with van der Waals surface area (Å²) in [6.07, 6.45) is 1.64. The molecule has 0 radical (unpaired) electrons. The summed E-state index contributed by atoms with van der Waals surface area (Å²) in [6, 6.07) is 11.0. The van der Waals surface area contributed by atoms with Crippen molar-refractivity contribution >= 4 is 28.8 Å². The van der Waals surface area contributed by atoms with Crippen molar-refractivity contribution in [1.82, 2.24) is 4.98 Å². The molecule has 92 valence electrons. The maximum Gasteiger partial charge on any atom is 0.221 e. The third kappa shape index (κ3) is 3.21. The number of hydrogen-bond donors (Lipinski definition) is 3. The van der Waals surface area contributed by atoms with Gasteiger partial charge in [-0.1, -0.05) is 0 Å². The monoisotopic (exact) mass is 242 g/mol. The molecule has 5 heteroatoms. The van der Waals surface area contributed by atoms with E-state index in [9.17, 15) is 4.79 Å². The van der Waals surface area contributed by atoms with Gasteiger partial charge in [-0.25, -0.2) is 4.98 Å². The molecule has 0 spiro atoms. The lowest BCUT2D eigenvalue weighted by Gasteiger charge is -2.08. The minimum absolute atomic E-state index is 0.0855. The molecule has 18 heavy (non-hydrogen) atoms. The topological polar surface area (TPSA) is 80.0 Å². The fourth-order valence-corrected chi connectivity index (χ4v) is 1.53. The SMILES string of the molecule is CC(=O)Nc1ccc(Nc2ccnc(N)c2)cc1. The predicted molar refractivity (Wildman–Crippen MR) is 72.7 cm³/mol. The van der Waals surface area contributed by atoms with Crippen molar-refractivity contribution in [2.45, 2.75) is 6.92 Å². The third-order valence-electron chi connectivity index (χ3n) is 2.28. The largest absolute Gasteiger partial charge is 0.384 e. The van der Waals surface area contributed by atoms with Gasteiger partial charge < -0.3 is 16.4 Å². The molecule has 1 amide bonds. The molecule has 2 rings (SSSR count). The quantitative estimate of drug-likeness (QED) is 0.772. The molecule has 0 unspecified atom stereocenters. The second-order valence-corrected chi connectivity index (χ2v) is 3.85. The first kappa shape index (κ1) is 11.9. The van der Waals surface area contributed by atoms with Crippen LogP contribution in [0.2, 0.25) is 0 Å². The summed E-state index contributed by atoms with van der Waals surface area (Å²) in [5.74, 6) is 0.382. The van der Waals surface area contributed by atoms with Gasteiger partial charge in [-0.15, -0.1) is 0 Å².